The number of benzene rings is 2. The van der Waals surface area contributed by atoms with Gasteiger partial charge >= 0.3 is 0 Å². The van der Waals surface area contributed by atoms with Crippen molar-refractivity contribution in [1.29, 1.82) is 0 Å². The number of halogens is 2. The van der Waals surface area contributed by atoms with E-state index in [1.165, 1.54) is 6.07 Å². The summed E-state index contributed by atoms with van der Waals surface area (Å²) in [6.45, 7) is 0.0193. The Labute approximate surface area is 135 Å². The first-order valence-electron chi connectivity index (χ1n) is 6.44. The molecule has 0 fully saturated rings. The SMILES string of the molecule is CN1C(=O)CN=C(c2ccccc2F)c2cc(I)ccc21. The first kappa shape index (κ1) is 14.2. The molecule has 0 atom stereocenters. The van der Waals surface area contributed by atoms with Crippen LogP contribution in [0.25, 0.3) is 0 Å². The molecule has 2 aromatic rings. The van der Waals surface area contributed by atoms with Crippen molar-refractivity contribution in [1.82, 2.24) is 0 Å². The van der Waals surface area contributed by atoms with Gasteiger partial charge in [-0.25, -0.2) is 4.39 Å². The highest BCUT2D eigenvalue weighted by molar-refractivity contribution is 14.1. The van der Waals surface area contributed by atoms with E-state index in [0.29, 0.717) is 11.3 Å². The fraction of sp³-hybridized carbons (Fsp3) is 0.125. The number of aliphatic imine (C=N–C) groups is 1. The topological polar surface area (TPSA) is 32.7 Å². The molecule has 1 aliphatic heterocycles. The van der Waals surface area contributed by atoms with E-state index in [2.05, 4.69) is 27.6 Å². The molecule has 2 aromatic carbocycles. The summed E-state index contributed by atoms with van der Waals surface area (Å²) < 4.78 is 15.1. The van der Waals surface area contributed by atoms with Crippen LogP contribution in [0.1, 0.15) is 11.1 Å². The monoisotopic (exact) mass is 394 g/mol. The zero-order valence-electron chi connectivity index (χ0n) is 11.3. The van der Waals surface area contributed by atoms with Gasteiger partial charge in [-0.2, -0.15) is 0 Å². The number of rotatable bonds is 1. The first-order valence-corrected chi connectivity index (χ1v) is 7.51. The van der Waals surface area contributed by atoms with Crippen LogP contribution < -0.4 is 4.90 Å². The molecule has 0 bridgehead atoms. The summed E-state index contributed by atoms with van der Waals surface area (Å²) in [5.41, 5.74) is 2.48. The van der Waals surface area contributed by atoms with Gasteiger partial charge < -0.3 is 4.90 Å². The van der Waals surface area contributed by atoms with Crippen molar-refractivity contribution in [2.45, 2.75) is 0 Å². The van der Waals surface area contributed by atoms with Crippen molar-refractivity contribution in [3.8, 4) is 0 Å². The Bertz CT molecular complexity index is 758. The molecule has 0 saturated carbocycles. The predicted molar refractivity (Wildman–Crippen MR) is 89.5 cm³/mol. The molecule has 1 heterocycles. The molecule has 1 aliphatic rings. The van der Waals surface area contributed by atoms with E-state index < -0.39 is 0 Å². The van der Waals surface area contributed by atoms with Gasteiger partial charge in [0.25, 0.3) is 0 Å². The second kappa shape index (κ2) is 5.55. The molecule has 5 heteroatoms. The Morgan fingerprint density at radius 1 is 1.19 bits per heavy atom. The molecule has 21 heavy (non-hydrogen) atoms. The third-order valence-corrected chi connectivity index (χ3v) is 4.12. The maximum absolute atomic E-state index is 14.1. The lowest BCUT2D eigenvalue weighted by atomic mass is 10.00. The maximum Gasteiger partial charge on any atom is 0.248 e. The van der Waals surface area contributed by atoms with Gasteiger partial charge in [-0.05, 0) is 52.9 Å². The van der Waals surface area contributed by atoms with Gasteiger partial charge in [-0.15, -0.1) is 0 Å². The quantitative estimate of drug-likeness (QED) is 0.684. The Hall–Kier alpha value is -1.76. The van der Waals surface area contributed by atoms with Crippen LogP contribution in [0.15, 0.2) is 47.5 Å². The van der Waals surface area contributed by atoms with E-state index in [9.17, 15) is 9.18 Å². The molecule has 3 rings (SSSR count). The number of amides is 1. The summed E-state index contributed by atoms with van der Waals surface area (Å²) in [4.78, 5) is 18.0. The van der Waals surface area contributed by atoms with Crippen LogP contribution in [0.3, 0.4) is 0 Å². The van der Waals surface area contributed by atoms with Crippen molar-refractivity contribution >= 4 is 39.9 Å². The molecule has 0 radical (unpaired) electrons. The van der Waals surface area contributed by atoms with Gasteiger partial charge in [0.05, 0.1) is 11.4 Å². The van der Waals surface area contributed by atoms with E-state index in [0.717, 1.165) is 14.8 Å². The van der Waals surface area contributed by atoms with Crippen molar-refractivity contribution in [3.63, 3.8) is 0 Å². The van der Waals surface area contributed by atoms with Crippen molar-refractivity contribution in [3.05, 3.63) is 63.0 Å². The van der Waals surface area contributed by atoms with E-state index in [1.807, 2.05) is 18.2 Å². The zero-order chi connectivity index (χ0) is 15.0. The molecular weight excluding hydrogens is 382 g/mol. The van der Waals surface area contributed by atoms with E-state index in [1.54, 1.807) is 30.1 Å². The standard InChI is InChI=1S/C16H12FIN2O/c1-20-14-7-6-10(18)8-12(14)16(19-9-15(20)21)11-4-2-3-5-13(11)17/h2-8H,9H2,1H3. The fourth-order valence-corrected chi connectivity index (χ4v) is 2.84. The number of hydrogen-bond acceptors (Lipinski definition) is 2. The Kier molecular flexibility index (Phi) is 3.75. The number of carbonyl (C=O) groups is 1. The van der Waals surface area contributed by atoms with Crippen LogP contribution in [-0.2, 0) is 4.79 Å². The van der Waals surface area contributed by atoms with Crippen LogP contribution in [-0.4, -0.2) is 25.2 Å². The molecule has 3 nitrogen and oxygen atoms in total. The summed E-state index contributed by atoms with van der Waals surface area (Å²) >= 11 is 2.20. The molecule has 0 aromatic heterocycles. The average Bonchev–Trinajstić information content (AvgIpc) is 2.59. The van der Waals surface area contributed by atoms with Crippen LogP contribution in [0.2, 0.25) is 0 Å². The lowest BCUT2D eigenvalue weighted by Gasteiger charge is -2.18. The molecule has 106 valence electrons. The lowest BCUT2D eigenvalue weighted by molar-refractivity contribution is -0.116. The molecule has 0 saturated heterocycles. The first-order chi connectivity index (χ1) is 10.1. The highest BCUT2D eigenvalue weighted by Crippen LogP contribution is 2.28. The maximum atomic E-state index is 14.1. The molecule has 0 unspecified atom stereocenters. The van der Waals surface area contributed by atoms with Gasteiger partial charge in [-0.1, -0.05) is 12.1 Å². The number of hydrogen-bond donors (Lipinski definition) is 0. The summed E-state index contributed by atoms with van der Waals surface area (Å²) in [5, 5.41) is 0. The Morgan fingerprint density at radius 3 is 2.71 bits per heavy atom. The zero-order valence-corrected chi connectivity index (χ0v) is 13.5. The van der Waals surface area contributed by atoms with Gasteiger partial charge in [0, 0.05) is 21.7 Å². The largest absolute Gasteiger partial charge is 0.313 e. The highest BCUT2D eigenvalue weighted by atomic mass is 127. The van der Waals surface area contributed by atoms with Crippen LogP contribution in [0.5, 0.6) is 0 Å². The minimum absolute atomic E-state index is 0.0193. The normalized spacial score (nSPS) is 14.5. The molecular formula is C16H12FIN2O. The third kappa shape index (κ3) is 2.57. The van der Waals surface area contributed by atoms with Gasteiger partial charge in [-0.3, -0.25) is 9.79 Å². The van der Waals surface area contributed by atoms with Gasteiger partial charge in [0.15, 0.2) is 0 Å². The summed E-state index contributed by atoms with van der Waals surface area (Å²) in [6.07, 6.45) is 0. The van der Waals surface area contributed by atoms with E-state index >= 15 is 0 Å². The summed E-state index contributed by atoms with van der Waals surface area (Å²) in [6, 6.07) is 12.2. The highest BCUT2D eigenvalue weighted by Gasteiger charge is 2.23. The van der Waals surface area contributed by atoms with Crippen molar-refractivity contribution < 1.29 is 9.18 Å². The Balaban J connectivity index is 2.26. The number of likely N-dealkylation sites (N-methyl/N-ethyl adjacent to an activating group) is 1. The van der Waals surface area contributed by atoms with Gasteiger partial charge in [0.1, 0.15) is 12.4 Å². The van der Waals surface area contributed by atoms with Crippen LogP contribution in [0.4, 0.5) is 10.1 Å². The number of carbonyl (C=O) groups excluding carboxylic acids is 1. The number of fused-ring (bicyclic) bond motifs is 1. The van der Waals surface area contributed by atoms with Crippen molar-refractivity contribution in [2.24, 2.45) is 4.99 Å². The second-order valence-electron chi connectivity index (χ2n) is 4.76. The Morgan fingerprint density at radius 2 is 1.95 bits per heavy atom. The summed E-state index contributed by atoms with van der Waals surface area (Å²) in [7, 11) is 1.72. The second-order valence-corrected chi connectivity index (χ2v) is 6.00. The minimum Gasteiger partial charge on any atom is -0.313 e. The van der Waals surface area contributed by atoms with E-state index in [-0.39, 0.29) is 18.3 Å². The molecule has 0 aliphatic carbocycles. The van der Waals surface area contributed by atoms with Crippen molar-refractivity contribution in [2.75, 3.05) is 18.5 Å². The smallest absolute Gasteiger partial charge is 0.248 e. The van der Waals surface area contributed by atoms with Crippen LogP contribution in [0, 0.1) is 9.39 Å². The van der Waals surface area contributed by atoms with Crippen LogP contribution >= 0.6 is 22.6 Å². The molecule has 0 spiro atoms. The average molecular weight is 394 g/mol. The number of anilines is 1. The minimum atomic E-state index is -0.335. The third-order valence-electron chi connectivity index (χ3n) is 3.45. The van der Waals surface area contributed by atoms with E-state index in [4.69, 9.17) is 0 Å². The summed E-state index contributed by atoms with van der Waals surface area (Å²) in [5.74, 6) is -0.443. The van der Waals surface area contributed by atoms with Gasteiger partial charge in [0.2, 0.25) is 5.91 Å². The number of benzodiazepines with no additional fused rings is 1. The fourth-order valence-electron chi connectivity index (χ4n) is 2.35. The number of nitrogens with zero attached hydrogens (tertiary/aromatic N) is 2. The lowest BCUT2D eigenvalue weighted by Crippen LogP contribution is -2.27. The molecule has 1 amide bonds. The predicted octanol–water partition coefficient (Wildman–Crippen LogP) is 3.24. The molecule has 0 N–H and O–H groups in total.